The molecule has 0 spiro atoms. The molecule has 0 fully saturated rings. The highest BCUT2D eigenvalue weighted by molar-refractivity contribution is 5.98. The van der Waals surface area contributed by atoms with Crippen molar-refractivity contribution in [3.8, 4) is 0 Å². The highest BCUT2D eigenvalue weighted by Crippen LogP contribution is 2.28. The highest BCUT2D eigenvalue weighted by atomic mass is 16.3. The lowest BCUT2D eigenvalue weighted by Gasteiger charge is -2.21. The predicted octanol–water partition coefficient (Wildman–Crippen LogP) is 3.03. The van der Waals surface area contributed by atoms with Crippen LogP contribution in [0.5, 0.6) is 0 Å². The smallest absolute Gasteiger partial charge is 0.0740 e. The minimum atomic E-state index is -0.350. The number of nitrogens with zero attached hydrogens (tertiary/aromatic N) is 1. The van der Waals surface area contributed by atoms with Gasteiger partial charge in [-0.05, 0) is 18.1 Å². The third kappa shape index (κ3) is 3.02. The van der Waals surface area contributed by atoms with Gasteiger partial charge in [-0.25, -0.2) is 0 Å². The molecule has 0 amide bonds. The molecule has 2 rings (SSSR count). The first kappa shape index (κ1) is 14.6. The fourth-order valence-electron chi connectivity index (χ4n) is 2.56. The van der Waals surface area contributed by atoms with Gasteiger partial charge in [0.1, 0.15) is 0 Å². The second kappa shape index (κ2) is 6.57. The van der Waals surface area contributed by atoms with E-state index in [9.17, 15) is 5.11 Å². The van der Waals surface area contributed by atoms with Crippen molar-refractivity contribution in [1.82, 2.24) is 4.98 Å². The summed E-state index contributed by atoms with van der Waals surface area (Å²) in [6.07, 6.45) is 5.16. The van der Waals surface area contributed by atoms with Crippen LogP contribution in [-0.2, 0) is 0 Å². The summed E-state index contributed by atoms with van der Waals surface area (Å²) in [6, 6.07) is 5.84. The largest absolute Gasteiger partial charge is 0.397 e. The Labute approximate surface area is 120 Å². The first-order chi connectivity index (χ1) is 9.67. The molecule has 1 aromatic heterocycles. The maximum absolute atomic E-state index is 10.2. The zero-order valence-electron chi connectivity index (χ0n) is 12.1. The Morgan fingerprint density at radius 3 is 2.70 bits per heavy atom. The minimum absolute atomic E-state index is 0.327. The van der Waals surface area contributed by atoms with Gasteiger partial charge in [-0.2, -0.15) is 0 Å². The summed E-state index contributed by atoms with van der Waals surface area (Å²) in [5.41, 5.74) is 7.75. The van der Waals surface area contributed by atoms with E-state index < -0.39 is 0 Å². The molecule has 108 valence electrons. The van der Waals surface area contributed by atoms with Crippen LogP contribution >= 0.6 is 0 Å². The minimum Gasteiger partial charge on any atom is -0.397 e. The monoisotopic (exact) mass is 273 g/mol. The Bertz CT molecular complexity index is 567. The summed E-state index contributed by atoms with van der Waals surface area (Å²) in [5, 5.41) is 15.4. The molecule has 0 bridgehead atoms. The van der Waals surface area contributed by atoms with Crippen LogP contribution in [0.2, 0.25) is 0 Å². The maximum atomic E-state index is 10.2. The number of nitrogens with one attached hydrogen (secondary N) is 1. The van der Waals surface area contributed by atoms with Crippen LogP contribution < -0.4 is 11.1 Å². The molecule has 0 saturated carbocycles. The Kier molecular flexibility index (Phi) is 4.79. The Morgan fingerprint density at radius 2 is 2.00 bits per heavy atom. The predicted molar refractivity (Wildman–Crippen MR) is 84.7 cm³/mol. The van der Waals surface area contributed by atoms with E-state index in [1.54, 1.807) is 12.4 Å². The molecule has 1 unspecified atom stereocenters. The molecular weight excluding hydrogens is 250 g/mol. The molecule has 0 radical (unpaired) electrons. The van der Waals surface area contributed by atoms with Crippen molar-refractivity contribution >= 4 is 22.1 Å². The number of anilines is 2. The topological polar surface area (TPSA) is 71.2 Å². The van der Waals surface area contributed by atoms with Crippen LogP contribution in [0.25, 0.3) is 10.8 Å². The normalized spacial score (nSPS) is 12.8. The van der Waals surface area contributed by atoms with Gasteiger partial charge in [-0.15, -0.1) is 0 Å². The number of aliphatic hydroxyl groups excluding tert-OH is 1. The number of nitrogens with two attached hydrogens (primary N) is 1. The van der Waals surface area contributed by atoms with Crippen molar-refractivity contribution in [3.05, 3.63) is 30.6 Å². The first-order valence-corrected chi connectivity index (χ1v) is 7.21. The summed E-state index contributed by atoms with van der Waals surface area (Å²) in [7, 11) is 0. The third-order valence-electron chi connectivity index (χ3n) is 3.96. The number of aliphatic hydroxyl groups is 1. The molecule has 1 heterocycles. The molecule has 1 atom stereocenters. The number of fused-ring (bicyclic) bond motifs is 1. The molecule has 4 heteroatoms. The summed E-state index contributed by atoms with van der Waals surface area (Å²) >= 11 is 0. The molecule has 0 saturated heterocycles. The molecular formula is C16H23N3O. The van der Waals surface area contributed by atoms with Gasteiger partial charge in [0, 0.05) is 29.7 Å². The van der Waals surface area contributed by atoms with Crippen molar-refractivity contribution in [1.29, 1.82) is 0 Å². The second-order valence-corrected chi connectivity index (χ2v) is 5.15. The van der Waals surface area contributed by atoms with Crippen molar-refractivity contribution < 1.29 is 5.11 Å². The molecule has 1 aromatic carbocycles. The zero-order valence-corrected chi connectivity index (χ0v) is 12.1. The van der Waals surface area contributed by atoms with Crippen molar-refractivity contribution in [2.75, 3.05) is 17.6 Å². The van der Waals surface area contributed by atoms with Gasteiger partial charge < -0.3 is 16.2 Å². The molecule has 0 aliphatic rings. The van der Waals surface area contributed by atoms with E-state index in [-0.39, 0.29) is 6.10 Å². The van der Waals surface area contributed by atoms with Crippen LogP contribution in [0, 0.1) is 5.92 Å². The summed E-state index contributed by atoms with van der Waals surface area (Å²) in [4.78, 5) is 4.09. The number of aromatic nitrogens is 1. The van der Waals surface area contributed by atoms with Gasteiger partial charge in [0.15, 0.2) is 0 Å². The number of hydrogen-bond acceptors (Lipinski definition) is 4. The zero-order chi connectivity index (χ0) is 14.5. The number of pyridine rings is 1. The fourth-order valence-corrected chi connectivity index (χ4v) is 2.56. The molecule has 4 nitrogen and oxygen atoms in total. The van der Waals surface area contributed by atoms with Crippen LogP contribution in [0.15, 0.2) is 30.6 Å². The van der Waals surface area contributed by atoms with E-state index in [1.165, 1.54) is 0 Å². The Hall–Kier alpha value is -1.81. The van der Waals surface area contributed by atoms with Gasteiger partial charge in [0.2, 0.25) is 0 Å². The van der Waals surface area contributed by atoms with E-state index in [2.05, 4.69) is 24.1 Å². The van der Waals surface area contributed by atoms with Gasteiger partial charge in [-0.3, -0.25) is 4.98 Å². The standard InChI is InChI=1S/C16H23N3O/c1-3-11(4-2)15(20)10-19-14-6-5-12-9-18-8-7-13(12)16(14)17/h5-9,11,15,19-20H,3-4,10,17H2,1-2H3. The van der Waals surface area contributed by atoms with E-state index in [0.29, 0.717) is 18.2 Å². The summed E-state index contributed by atoms with van der Waals surface area (Å²) in [6.45, 7) is 4.73. The Balaban J connectivity index is 2.12. The van der Waals surface area contributed by atoms with Crippen LogP contribution in [0.1, 0.15) is 26.7 Å². The van der Waals surface area contributed by atoms with Crippen molar-refractivity contribution in [2.45, 2.75) is 32.8 Å². The molecule has 2 aromatic rings. The summed E-state index contributed by atoms with van der Waals surface area (Å²) in [5.74, 6) is 0.327. The first-order valence-electron chi connectivity index (χ1n) is 7.21. The second-order valence-electron chi connectivity index (χ2n) is 5.15. The van der Waals surface area contributed by atoms with Crippen LogP contribution in [0.4, 0.5) is 11.4 Å². The third-order valence-corrected chi connectivity index (χ3v) is 3.96. The lowest BCUT2D eigenvalue weighted by atomic mass is 9.96. The van der Waals surface area contributed by atoms with E-state index in [4.69, 9.17) is 5.73 Å². The molecule has 0 aliphatic carbocycles. The average molecular weight is 273 g/mol. The van der Waals surface area contributed by atoms with Crippen LogP contribution in [0.3, 0.4) is 0 Å². The van der Waals surface area contributed by atoms with Crippen molar-refractivity contribution in [2.24, 2.45) is 5.92 Å². The highest BCUT2D eigenvalue weighted by Gasteiger charge is 2.15. The fraction of sp³-hybridized carbons (Fsp3) is 0.438. The lowest BCUT2D eigenvalue weighted by molar-refractivity contribution is 0.114. The van der Waals surface area contributed by atoms with E-state index in [1.807, 2.05) is 18.2 Å². The molecule has 0 aliphatic heterocycles. The van der Waals surface area contributed by atoms with Crippen LogP contribution in [-0.4, -0.2) is 22.7 Å². The van der Waals surface area contributed by atoms with Gasteiger partial charge >= 0.3 is 0 Å². The number of benzene rings is 1. The molecule has 20 heavy (non-hydrogen) atoms. The number of rotatable bonds is 6. The van der Waals surface area contributed by atoms with Gasteiger partial charge in [0.05, 0.1) is 17.5 Å². The van der Waals surface area contributed by atoms with Crippen molar-refractivity contribution in [3.63, 3.8) is 0 Å². The molecule has 4 N–H and O–H groups in total. The number of hydrogen-bond donors (Lipinski definition) is 3. The SMILES string of the molecule is CCC(CC)C(O)CNc1ccc2cnccc2c1N. The van der Waals surface area contributed by atoms with Gasteiger partial charge in [-0.1, -0.05) is 32.8 Å². The van der Waals surface area contributed by atoms with E-state index >= 15 is 0 Å². The average Bonchev–Trinajstić information content (AvgIpc) is 2.48. The van der Waals surface area contributed by atoms with Gasteiger partial charge in [0.25, 0.3) is 0 Å². The maximum Gasteiger partial charge on any atom is 0.0740 e. The number of nitrogen functional groups attached to an aromatic ring is 1. The lowest BCUT2D eigenvalue weighted by Crippen LogP contribution is -2.27. The summed E-state index contributed by atoms with van der Waals surface area (Å²) < 4.78 is 0. The quantitative estimate of drug-likeness (QED) is 0.707. The van der Waals surface area contributed by atoms with E-state index in [0.717, 1.165) is 29.3 Å². The Morgan fingerprint density at radius 1 is 1.25 bits per heavy atom.